The lowest BCUT2D eigenvalue weighted by Crippen LogP contribution is -2.25. The molecule has 0 radical (unpaired) electrons. The molecule has 0 spiro atoms. The summed E-state index contributed by atoms with van der Waals surface area (Å²) in [6.45, 7) is 6.79. The molecular formula is C14H22N2. The van der Waals surface area contributed by atoms with Gasteiger partial charge < -0.3 is 11.1 Å². The summed E-state index contributed by atoms with van der Waals surface area (Å²) < 4.78 is 0. The summed E-state index contributed by atoms with van der Waals surface area (Å²) in [5.41, 5.74) is 9.26. The van der Waals surface area contributed by atoms with Crippen LogP contribution in [0.1, 0.15) is 32.3 Å². The van der Waals surface area contributed by atoms with Gasteiger partial charge in [-0.25, -0.2) is 0 Å². The Balaban J connectivity index is 2.15. The van der Waals surface area contributed by atoms with Gasteiger partial charge in [-0.2, -0.15) is 0 Å². The zero-order valence-corrected chi connectivity index (χ0v) is 10.5. The van der Waals surface area contributed by atoms with Crippen LogP contribution in [0, 0.1) is 18.8 Å². The van der Waals surface area contributed by atoms with Crippen LogP contribution in [0.15, 0.2) is 18.2 Å². The van der Waals surface area contributed by atoms with Crippen molar-refractivity contribution in [2.75, 3.05) is 11.1 Å². The fraction of sp³-hybridized carbons (Fsp3) is 0.571. The Kier molecular flexibility index (Phi) is 3.08. The molecule has 0 aromatic heterocycles. The minimum Gasteiger partial charge on any atom is -0.397 e. The van der Waals surface area contributed by atoms with E-state index in [-0.39, 0.29) is 0 Å². The molecule has 16 heavy (non-hydrogen) atoms. The normalized spacial score (nSPS) is 29.3. The van der Waals surface area contributed by atoms with E-state index in [4.69, 9.17) is 5.73 Å². The summed E-state index contributed by atoms with van der Waals surface area (Å²) in [6, 6.07) is 6.68. The SMILES string of the molecule is Cc1cccc(N)c1NC1CCC(C)C1C. The average Bonchev–Trinajstić information content (AvgIpc) is 2.55. The number of nitrogens with two attached hydrogens (primary N) is 1. The Labute approximate surface area is 98.2 Å². The van der Waals surface area contributed by atoms with E-state index in [0.717, 1.165) is 23.2 Å². The Morgan fingerprint density at radius 1 is 1.25 bits per heavy atom. The van der Waals surface area contributed by atoms with E-state index in [9.17, 15) is 0 Å². The molecule has 1 fully saturated rings. The van der Waals surface area contributed by atoms with Crippen LogP contribution in [0.5, 0.6) is 0 Å². The number of hydrogen-bond donors (Lipinski definition) is 2. The van der Waals surface area contributed by atoms with E-state index in [2.05, 4.69) is 32.2 Å². The molecule has 2 nitrogen and oxygen atoms in total. The molecule has 1 saturated carbocycles. The molecule has 3 N–H and O–H groups in total. The van der Waals surface area contributed by atoms with Gasteiger partial charge in [-0.1, -0.05) is 26.0 Å². The van der Waals surface area contributed by atoms with Crippen molar-refractivity contribution in [3.8, 4) is 0 Å². The number of rotatable bonds is 2. The summed E-state index contributed by atoms with van der Waals surface area (Å²) in [6.07, 6.45) is 2.58. The molecular weight excluding hydrogens is 196 g/mol. The number of para-hydroxylation sites is 1. The highest BCUT2D eigenvalue weighted by atomic mass is 15.0. The van der Waals surface area contributed by atoms with Gasteiger partial charge in [-0.05, 0) is 43.2 Å². The van der Waals surface area contributed by atoms with E-state index in [0.29, 0.717) is 6.04 Å². The van der Waals surface area contributed by atoms with Gasteiger partial charge in [0.15, 0.2) is 0 Å². The molecule has 3 atom stereocenters. The first-order chi connectivity index (χ1) is 7.59. The standard InChI is InChI=1S/C14H22N2/c1-9-7-8-13(11(9)3)16-14-10(2)5-4-6-12(14)15/h4-6,9,11,13,16H,7-8,15H2,1-3H3. The van der Waals surface area contributed by atoms with Crippen LogP contribution in [0.25, 0.3) is 0 Å². The minimum absolute atomic E-state index is 0.582. The molecule has 1 aromatic carbocycles. The largest absolute Gasteiger partial charge is 0.397 e. The monoisotopic (exact) mass is 218 g/mol. The van der Waals surface area contributed by atoms with Crippen molar-refractivity contribution in [3.63, 3.8) is 0 Å². The van der Waals surface area contributed by atoms with Gasteiger partial charge >= 0.3 is 0 Å². The molecule has 0 bridgehead atoms. The lowest BCUT2D eigenvalue weighted by molar-refractivity contribution is 0.435. The fourth-order valence-electron chi connectivity index (χ4n) is 2.64. The molecule has 0 saturated heterocycles. The summed E-state index contributed by atoms with van der Waals surface area (Å²) >= 11 is 0. The van der Waals surface area contributed by atoms with Crippen LogP contribution in [-0.4, -0.2) is 6.04 Å². The zero-order valence-electron chi connectivity index (χ0n) is 10.5. The number of nitrogens with one attached hydrogen (secondary N) is 1. The quantitative estimate of drug-likeness (QED) is 0.746. The predicted molar refractivity (Wildman–Crippen MR) is 70.6 cm³/mol. The molecule has 1 aliphatic carbocycles. The molecule has 3 unspecified atom stereocenters. The minimum atomic E-state index is 0.582. The Morgan fingerprint density at radius 3 is 2.56 bits per heavy atom. The molecule has 88 valence electrons. The van der Waals surface area contributed by atoms with E-state index in [1.807, 2.05) is 12.1 Å². The van der Waals surface area contributed by atoms with Gasteiger partial charge in [0.1, 0.15) is 0 Å². The summed E-state index contributed by atoms with van der Waals surface area (Å²) in [5.74, 6) is 1.56. The van der Waals surface area contributed by atoms with Gasteiger partial charge in [-0.15, -0.1) is 0 Å². The molecule has 2 rings (SSSR count). The van der Waals surface area contributed by atoms with Gasteiger partial charge in [0.2, 0.25) is 0 Å². The van der Waals surface area contributed by atoms with Gasteiger partial charge in [0.05, 0.1) is 11.4 Å². The highest BCUT2D eigenvalue weighted by molar-refractivity contribution is 5.70. The lowest BCUT2D eigenvalue weighted by Gasteiger charge is -2.23. The van der Waals surface area contributed by atoms with Gasteiger partial charge in [0.25, 0.3) is 0 Å². The van der Waals surface area contributed by atoms with Crippen LogP contribution in [0.2, 0.25) is 0 Å². The summed E-state index contributed by atoms with van der Waals surface area (Å²) in [5, 5.41) is 3.63. The van der Waals surface area contributed by atoms with E-state index in [1.165, 1.54) is 18.4 Å². The molecule has 0 amide bonds. The lowest BCUT2D eigenvalue weighted by atomic mass is 9.97. The van der Waals surface area contributed by atoms with Crippen LogP contribution >= 0.6 is 0 Å². The van der Waals surface area contributed by atoms with Crippen molar-refractivity contribution >= 4 is 11.4 Å². The first-order valence-corrected chi connectivity index (χ1v) is 6.21. The van der Waals surface area contributed by atoms with Crippen molar-refractivity contribution in [3.05, 3.63) is 23.8 Å². The Bertz CT molecular complexity index is 353. The summed E-state index contributed by atoms with van der Waals surface area (Å²) in [4.78, 5) is 0. The fourth-order valence-corrected chi connectivity index (χ4v) is 2.64. The molecule has 1 aliphatic rings. The highest BCUT2D eigenvalue weighted by Gasteiger charge is 2.29. The topological polar surface area (TPSA) is 38.0 Å². The third-order valence-corrected chi connectivity index (χ3v) is 4.10. The van der Waals surface area contributed by atoms with E-state index < -0.39 is 0 Å². The van der Waals surface area contributed by atoms with Crippen molar-refractivity contribution in [1.82, 2.24) is 0 Å². The smallest absolute Gasteiger partial charge is 0.0605 e. The second-order valence-corrected chi connectivity index (χ2v) is 5.20. The highest BCUT2D eigenvalue weighted by Crippen LogP contribution is 2.35. The Hall–Kier alpha value is -1.18. The number of aryl methyl sites for hydroxylation is 1. The zero-order chi connectivity index (χ0) is 11.7. The van der Waals surface area contributed by atoms with Crippen LogP contribution < -0.4 is 11.1 Å². The Morgan fingerprint density at radius 2 is 2.00 bits per heavy atom. The number of anilines is 2. The van der Waals surface area contributed by atoms with Crippen LogP contribution in [0.4, 0.5) is 11.4 Å². The predicted octanol–water partition coefficient (Wildman–Crippen LogP) is 3.42. The third-order valence-electron chi connectivity index (χ3n) is 4.10. The number of nitrogen functional groups attached to an aromatic ring is 1. The molecule has 0 heterocycles. The first kappa shape index (κ1) is 11.3. The average molecular weight is 218 g/mol. The van der Waals surface area contributed by atoms with Crippen LogP contribution in [0.3, 0.4) is 0 Å². The van der Waals surface area contributed by atoms with Crippen molar-refractivity contribution in [2.24, 2.45) is 11.8 Å². The molecule has 1 aromatic rings. The second kappa shape index (κ2) is 4.36. The third kappa shape index (κ3) is 2.01. The summed E-state index contributed by atoms with van der Waals surface area (Å²) in [7, 11) is 0. The maximum atomic E-state index is 6.02. The maximum Gasteiger partial charge on any atom is 0.0605 e. The number of benzene rings is 1. The van der Waals surface area contributed by atoms with Crippen molar-refractivity contribution < 1.29 is 0 Å². The number of hydrogen-bond acceptors (Lipinski definition) is 2. The van der Waals surface area contributed by atoms with Crippen LogP contribution in [-0.2, 0) is 0 Å². The van der Waals surface area contributed by atoms with E-state index in [1.54, 1.807) is 0 Å². The van der Waals surface area contributed by atoms with E-state index >= 15 is 0 Å². The molecule has 0 aliphatic heterocycles. The van der Waals surface area contributed by atoms with Gasteiger partial charge in [-0.3, -0.25) is 0 Å². The molecule has 2 heteroatoms. The first-order valence-electron chi connectivity index (χ1n) is 6.21. The van der Waals surface area contributed by atoms with Gasteiger partial charge in [0, 0.05) is 6.04 Å². The maximum absolute atomic E-state index is 6.02. The van der Waals surface area contributed by atoms with Crippen molar-refractivity contribution in [2.45, 2.75) is 39.7 Å². The second-order valence-electron chi connectivity index (χ2n) is 5.20. The van der Waals surface area contributed by atoms with Crippen molar-refractivity contribution in [1.29, 1.82) is 0 Å².